The number of fused-ring (bicyclic) bond motifs is 1. The van der Waals surface area contributed by atoms with Gasteiger partial charge in [-0.3, -0.25) is 4.98 Å². The summed E-state index contributed by atoms with van der Waals surface area (Å²) in [6, 6.07) is 7.74. The van der Waals surface area contributed by atoms with E-state index in [9.17, 15) is 0 Å². The molecule has 0 aliphatic carbocycles. The number of hydrogen-bond donors (Lipinski definition) is 2. The topological polar surface area (TPSA) is 108 Å². The minimum Gasteiger partial charge on any atom is -0.447 e. The van der Waals surface area contributed by atoms with E-state index < -0.39 is 0 Å². The molecule has 3 N–H and O–H groups in total. The van der Waals surface area contributed by atoms with Crippen LogP contribution in [0.3, 0.4) is 0 Å². The fourth-order valence-electron chi connectivity index (χ4n) is 2.55. The van der Waals surface area contributed by atoms with Gasteiger partial charge in [0.05, 0.1) is 30.5 Å². The highest BCUT2D eigenvalue weighted by Gasteiger charge is 2.12. The van der Waals surface area contributed by atoms with E-state index in [0.717, 1.165) is 16.7 Å². The largest absolute Gasteiger partial charge is 0.447 e. The average Bonchev–Trinajstić information content (AvgIpc) is 3.24. The summed E-state index contributed by atoms with van der Waals surface area (Å²) in [6.07, 6.45) is 6.86. The van der Waals surface area contributed by atoms with Gasteiger partial charge < -0.3 is 20.0 Å². The first-order valence-corrected chi connectivity index (χ1v) is 7.44. The van der Waals surface area contributed by atoms with Crippen molar-refractivity contribution < 1.29 is 4.42 Å². The summed E-state index contributed by atoms with van der Waals surface area (Å²) in [5.74, 6) is 1.42. The summed E-state index contributed by atoms with van der Waals surface area (Å²) in [5, 5.41) is 3.21. The van der Waals surface area contributed by atoms with Crippen LogP contribution in [0.25, 0.3) is 11.0 Å². The lowest BCUT2D eigenvalue weighted by Gasteiger charge is -2.10. The summed E-state index contributed by atoms with van der Waals surface area (Å²) in [5.41, 5.74) is 8.40. The van der Waals surface area contributed by atoms with E-state index in [-0.39, 0.29) is 5.95 Å². The van der Waals surface area contributed by atoms with Gasteiger partial charge >= 0.3 is 0 Å². The Hall–Kier alpha value is -3.42. The first kappa shape index (κ1) is 14.2. The SMILES string of the molecule is Nc1nc(NCc2ncco2)c2c(ccn2Cc2ccccn2)n1. The lowest BCUT2D eigenvalue weighted by molar-refractivity contribution is 0.503. The summed E-state index contributed by atoms with van der Waals surface area (Å²) in [7, 11) is 0. The molecule has 24 heavy (non-hydrogen) atoms. The van der Waals surface area contributed by atoms with E-state index in [1.165, 1.54) is 6.26 Å². The molecular weight excluding hydrogens is 306 g/mol. The number of oxazole rings is 1. The smallest absolute Gasteiger partial charge is 0.222 e. The minimum atomic E-state index is 0.216. The van der Waals surface area contributed by atoms with Crippen molar-refractivity contribution in [3.05, 3.63) is 60.7 Å². The van der Waals surface area contributed by atoms with E-state index in [1.54, 1.807) is 12.4 Å². The first-order chi connectivity index (χ1) is 11.8. The van der Waals surface area contributed by atoms with E-state index >= 15 is 0 Å². The standard InChI is InChI=1S/C16H15N7O/c17-16-21-12-4-7-23(10-11-3-1-2-5-18-11)14(12)15(22-16)20-9-13-19-6-8-24-13/h1-8H,9-10H2,(H3,17,20,21,22). The number of rotatable bonds is 5. The second kappa shape index (κ2) is 5.99. The number of aromatic nitrogens is 5. The van der Waals surface area contributed by atoms with Crippen molar-refractivity contribution in [2.45, 2.75) is 13.1 Å². The predicted molar refractivity (Wildman–Crippen MR) is 89.1 cm³/mol. The zero-order valence-corrected chi connectivity index (χ0v) is 12.8. The van der Waals surface area contributed by atoms with Crippen LogP contribution in [0.15, 0.2) is 53.5 Å². The van der Waals surface area contributed by atoms with E-state index in [4.69, 9.17) is 10.2 Å². The number of hydrogen-bond acceptors (Lipinski definition) is 7. The maximum atomic E-state index is 5.81. The van der Waals surface area contributed by atoms with Crippen LogP contribution in [0, 0.1) is 0 Å². The van der Waals surface area contributed by atoms with Gasteiger partial charge in [0.1, 0.15) is 11.8 Å². The van der Waals surface area contributed by atoms with Crippen LogP contribution in [0.5, 0.6) is 0 Å². The van der Waals surface area contributed by atoms with Gasteiger partial charge in [-0.1, -0.05) is 6.07 Å². The first-order valence-electron chi connectivity index (χ1n) is 7.44. The molecule has 4 heterocycles. The number of nitrogens with two attached hydrogens (primary N) is 1. The molecule has 0 amide bonds. The number of pyridine rings is 1. The van der Waals surface area contributed by atoms with Gasteiger partial charge in [0.15, 0.2) is 5.82 Å². The third-order valence-electron chi connectivity index (χ3n) is 3.58. The molecule has 0 aliphatic rings. The van der Waals surface area contributed by atoms with Gasteiger partial charge in [-0.2, -0.15) is 4.98 Å². The lowest BCUT2D eigenvalue weighted by atomic mass is 10.3. The van der Waals surface area contributed by atoms with E-state index in [0.29, 0.717) is 24.8 Å². The summed E-state index contributed by atoms with van der Waals surface area (Å²) >= 11 is 0. The van der Waals surface area contributed by atoms with Crippen molar-refractivity contribution in [1.29, 1.82) is 0 Å². The number of nitrogen functional groups attached to an aromatic ring is 1. The van der Waals surface area contributed by atoms with Crippen molar-refractivity contribution in [3.63, 3.8) is 0 Å². The van der Waals surface area contributed by atoms with Crippen LogP contribution < -0.4 is 11.1 Å². The van der Waals surface area contributed by atoms with Crippen LogP contribution in [0.4, 0.5) is 11.8 Å². The Morgan fingerprint density at radius 3 is 2.88 bits per heavy atom. The third kappa shape index (κ3) is 2.76. The molecule has 4 aromatic rings. The second-order valence-electron chi connectivity index (χ2n) is 5.21. The van der Waals surface area contributed by atoms with Gasteiger partial charge in [0, 0.05) is 12.4 Å². The molecule has 0 unspecified atom stereocenters. The molecular formula is C16H15N7O. The van der Waals surface area contributed by atoms with E-state index in [1.807, 2.05) is 35.0 Å². The Bertz CT molecular complexity index is 947. The Morgan fingerprint density at radius 1 is 1.12 bits per heavy atom. The normalized spacial score (nSPS) is 11.0. The zero-order chi connectivity index (χ0) is 16.4. The van der Waals surface area contributed by atoms with Crippen molar-refractivity contribution >= 4 is 22.8 Å². The maximum Gasteiger partial charge on any atom is 0.222 e. The molecule has 4 aromatic heterocycles. The monoisotopic (exact) mass is 321 g/mol. The van der Waals surface area contributed by atoms with Crippen molar-refractivity contribution in [2.75, 3.05) is 11.1 Å². The molecule has 0 aliphatic heterocycles. The van der Waals surface area contributed by atoms with Crippen LogP contribution >= 0.6 is 0 Å². The molecule has 0 saturated carbocycles. The highest BCUT2D eigenvalue weighted by molar-refractivity contribution is 5.87. The quantitative estimate of drug-likeness (QED) is 0.579. The van der Waals surface area contributed by atoms with Crippen LogP contribution in [-0.4, -0.2) is 24.5 Å². The third-order valence-corrected chi connectivity index (χ3v) is 3.58. The molecule has 8 heteroatoms. The molecule has 4 rings (SSSR count). The number of nitrogens with one attached hydrogen (secondary N) is 1. The maximum absolute atomic E-state index is 5.81. The second-order valence-corrected chi connectivity index (χ2v) is 5.21. The van der Waals surface area contributed by atoms with Gasteiger partial charge in [-0.05, 0) is 18.2 Å². The molecule has 0 aromatic carbocycles. The Kier molecular flexibility index (Phi) is 3.54. The molecule has 120 valence electrons. The van der Waals surface area contributed by atoms with Crippen molar-refractivity contribution in [1.82, 2.24) is 24.5 Å². The summed E-state index contributed by atoms with van der Waals surface area (Å²) in [6.45, 7) is 1.03. The molecule has 8 nitrogen and oxygen atoms in total. The minimum absolute atomic E-state index is 0.216. The Balaban J connectivity index is 1.70. The molecule has 0 atom stereocenters. The molecule has 0 fully saturated rings. The van der Waals surface area contributed by atoms with Crippen molar-refractivity contribution in [3.8, 4) is 0 Å². The van der Waals surface area contributed by atoms with Crippen LogP contribution in [0.1, 0.15) is 11.6 Å². The van der Waals surface area contributed by atoms with Gasteiger partial charge in [0.25, 0.3) is 0 Å². The number of anilines is 2. The summed E-state index contributed by atoms with van der Waals surface area (Å²) < 4.78 is 7.28. The van der Waals surface area contributed by atoms with Crippen LogP contribution in [0.2, 0.25) is 0 Å². The molecule has 0 bridgehead atoms. The molecule has 0 spiro atoms. The van der Waals surface area contributed by atoms with Crippen LogP contribution in [-0.2, 0) is 13.1 Å². The Morgan fingerprint density at radius 2 is 2.08 bits per heavy atom. The zero-order valence-electron chi connectivity index (χ0n) is 12.8. The predicted octanol–water partition coefficient (Wildman–Crippen LogP) is 2.06. The number of nitrogens with zero attached hydrogens (tertiary/aromatic N) is 5. The highest BCUT2D eigenvalue weighted by atomic mass is 16.3. The summed E-state index contributed by atoms with van der Waals surface area (Å²) in [4.78, 5) is 17.1. The molecule has 0 saturated heterocycles. The molecule has 0 radical (unpaired) electrons. The van der Waals surface area contributed by atoms with E-state index in [2.05, 4.69) is 25.3 Å². The fraction of sp³-hybridized carbons (Fsp3) is 0.125. The van der Waals surface area contributed by atoms with Gasteiger partial charge in [-0.15, -0.1) is 0 Å². The lowest BCUT2D eigenvalue weighted by Crippen LogP contribution is -2.08. The van der Waals surface area contributed by atoms with Crippen molar-refractivity contribution in [2.24, 2.45) is 0 Å². The van der Waals surface area contributed by atoms with Gasteiger partial charge in [-0.25, -0.2) is 9.97 Å². The highest BCUT2D eigenvalue weighted by Crippen LogP contribution is 2.23. The Labute approximate surface area is 137 Å². The fourth-order valence-corrected chi connectivity index (χ4v) is 2.55. The average molecular weight is 321 g/mol. The van der Waals surface area contributed by atoms with Gasteiger partial charge in [0.2, 0.25) is 11.8 Å².